The number of Topliss-reactive ketones (excluding diaryl/α,β-unsaturated/α-hetero) is 1. The summed E-state index contributed by atoms with van der Waals surface area (Å²) in [5, 5.41) is 5.42. The van der Waals surface area contributed by atoms with E-state index in [2.05, 4.69) is 10.6 Å². The Balaban J connectivity index is 1.96. The first-order valence-corrected chi connectivity index (χ1v) is 12.7. The van der Waals surface area contributed by atoms with Gasteiger partial charge in [0.05, 0.1) is 19.0 Å². The van der Waals surface area contributed by atoms with Gasteiger partial charge in [0.2, 0.25) is 5.91 Å². The standard InChI is InChI=1S/C26H34N2O5S/c1-19(2)14-22(28-26(31)33-16-21-12-8-5-9-13-21)25(30)27-23(24(29)18-34-3)17-32-15-20-10-6-4-7-11-20/h4-13,19,22-23H,14-18H2,1-3H3,(H,27,30)(H,28,31)/t22-,23-/m0/s1. The molecule has 0 spiro atoms. The minimum Gasteiger partial charge on any atom is -0.445 e. The third-order valence-electron chi connectivity index (χ3n) is 4.92. The smallest absolute Gasteiger partial charge is 0.408 e. The summed E-state index contributed by atoms with van der Waals surface area (Å²) >= 11 is 1.38. The van der Waals surface area contributed by atoms with E-state index in [9.17, 15) is 14.4 Å². The monoisotopic (exact) mass is 486 g/mol. The molecule has 2 N–H and O–H groups in total. The van der Waals surface area contributed by atoms with Crippen LogP contribution < -0.4 is 10.6 Å². The highest BCUT2D eigenvalue weighted by Crippen LogP contribution is 2.09. The first-order valence-electron chi connectivity index (χ1n) is 11.3. The molecule has 7 nitrogen and oxygen atoms in total. The minimum absolute atomic E-state index is 0.0485. The molecule has 2 amide bonds. The van der Waals surface area contributed by atoms with Crippen molar-refractivity contribution in [2.75, 3.05) is 18.6 Å². The van der Waals surface area contributed by atoms with Crippen molar-refractivity contribution >= 4 is 29.5 Å². The lowest BCUT2D eigenvalue weighted by molar-refractivity contribution is -0.129. The Morgan fingerprint density at radius 3 is 2.00 bits per heavy atom. The predicted octanol–water partition coefficient (Wildman–Crippen LogP) is 3.96. The van der Waals surface area contributed by atoms with Crippen molar-refractivity contribution in [1.82, 2.24) is 10.6 Å². The molecule has 2 aromatic carbocycles. The summed E-state index contributed by atoms with van der Waals surface area (Å²) in [6.45, 7) is 4.39. The van der Waals surface area contributed by atoms with E-state index in [-0.39, 0.29) is 30.7 Å². The van der Waals surface area contributed by atoms with E-state index in [4.69, 9.17) is 9.47 Å². The first-order chi connectivity index (χ1) is 16.4. The van der Waals surface area contributed by atoms with Crippen LogP contribution in [0.5, 0.6) is 0 Å². The van der Waals surface area contributed by atoms with Crippen molar-refractivity contribution in [2.45, 2.75) is 45.6 Å². The Labute approximate surface area is 206 Å². The molecule has 2 rings (SSSR count). The van der Waals surface area contributed by atoms with Crippen LogP contribution in [0.15, 0.2) is 60.7 Å². The number of benzene rings is 2. The van der Waals surface area contributed by atoms with Crippen LogP contribution in [0, 0.1) is 5.92 Å². The number of carbonyl (C=O) groups excluding carboxylic acids is 3. The summed E-state index contributed by atoms with van der Waals surface area (Å²) in [7, 11) is 0. The van der Waals surface area contributed by atoms with Gasteiger partial charge in [-0.3, -0.25) is 9.59 Å². The molecule has 0 bridgehead atoms. The van der Waals surface area contributed by atoms with E-state index < -0.39 is 24.1 Å². The average Bonchev–Trinajstić information content (AvgIpc) is 2.83. The molecule has 0 radical (unpaired) electrons. The zero-order chi connectivity index (χ0) is 24.8. The normalized spacial score (nSPS) is 12.6. The van der Waals surface area contributed by atoms with Crippen molar-refractivity contribution in [2.24, 2.45) is 5.92 Å². The fourth-order valence-corrected chi connectivity index (χ4v) is 3.69. The molecule has 8 heteroatoms. The molecule has 0 saturated carbocycles. The van der Waals surface area contributed by atoms with Crippen LogP contribution >= 0.6 is 11.8 Å². The van der Waals surface area contributed by atoms with Crippen molar-refractivity contribution < 1.29 is 23.9 Å². The lowest BCUT2D eigenvalue weighted by Gasteiger charge is -2.23. The number of carbonyl (C=O) groups is 3. The van der Waals surface area contributed by atoms with Crippen LogP contribution in [0.25, 0.3) is 0 Å². The number of amides is 2. The van der Waals surface area contributed by atoms with Crippen LogP contribution in [0.4, 0.5) is 4.79 Å². The van der Waals surface area contributed by atoms with E-state index in [0.717, 1.165) is 11.1 Å². The van der Waals surface area contributed by atoms with Gasteiger partial charge in [-0.25, -0.2) is 4.79 Å². The Morgan fingerprint density at radius 2 is 1.44 bits per heavy atom. The number of alkyl carbamates (subject to hydrolysis) is 1. The quantitative estimate of drug-likeness (QED) is 0.420. The van der Waals surface area contributed by atoms with E-state index in [0.29, 0.717) is 13.0 Å². The minimum atomic E-state index is -0.832. The van der Waals surface area contributed by atoms with Crippen LogP contribution in [0.3, 0.4) is 0 Å². The molecule has 2 aromatic rings. The second-order valence-electron chi connectivity index (χ2n) is 8.35. The largest absolute Gasteiger partial charge is 0.445 e. The van der Waals surface area contributed by atoms with Gasteiger partial charge in [0, 0.05) is 0 Å². The second kappa shape index (κ2) is 15.1. The molecule has 0 aromatic heterocycles. The van der Waals surface area contributed by atoms with E-state index >= 15 is 0 Å². The number of thioether (sulfide) groups is 1. The highest BCUT2D eigenvalue weighted by molar-refractivity contribution is 7.99. The molecule has 0 aliphatic heterocycles. The van der Waals surface area contributed by atoms with E-state index in [1.807, 2.05) is 80.8 Å². The molecular weight excluding hydrogens is 452 g/mol. The number of ether oxygens (including phenoxy) is 2. The molecule has 0 fully saturated rings. The van der Waals surface area contributed by atoms with Crippen LogP contribution in [-0.2, 0) is 32.3 Å². The number of rotatable bonds is 14. The average molecular weight is 487 g/mol. The summed E-state index contributed by atoms with van der Waals surface area (Å²) in [4.78, 5) is 38.0. The van der Waals surface area contributed by atoms with Gasteiger partial charge < -0.3 is 20.1 Å². The van der Waals surface area contributed by atoms with Gasteiger partial charge in [-0.2, -0.15) is 11.8 Å². The van der Waals surface area contributed by atoms with Gasteiger partial charge in [0.25, 0.3) is 0 Å². The van der Waals surface area contributed by atoms with Crippen molar-refractivity contribution in [3.05, 3.63) is 71.8 Å². The summed E-state index contributed by atoms with van der Waals surface area (Å²) < 4.78 is 11.0. The summed E-state index contributed by atoms with van der Waals surface area (Å²) in [5.74, 6) is -0.182. The number of hydrogen-bond donors (Lipinski definition) is 2. The topological polar surface area (TPSA) is 93.7 Å². The summed E-state index contributed by atoms with van der Waals surface area (Å²) in [6.07, 6.45) is 1.55. The molecule has 0 saturated heterocycles. The third kappa shape index (κ3) is 10.4. The summed E-state index contributed by atoms with van der Waals surface area (Å²) in [5.41, 5.74) is 1.83. The number of nitrogens with one attached hydrogen (secondary N) is 2. The fourth-order valence-electron chi connectivity index (χ4n) is 3.21. The number of hydrogen-bond acceptors (Lipinski definition) is 6. The molecule has 0 heterocycles. The molecule has 2 atom stereocenters. The Hall–Kier alpha value is -2.84. The van der Waals surface area contributed by atoms with Crippen molar-refractivity contribution in [3.63, 3.8) is 0 Å². The molecule has 184 valence electrons. The Kier molecular flexibility index (Phi) is 12.2. The van der Waals surface area contributed by atoms with Crippen molar-refractivity contribution in [3.8, 4) is 0 Å². The lowest BCUT2D eigenvalue weighted by Crippen LogP contribution is -2.53. The van der Waals surface area contributed by atoms with Gasteiger partial charge in [0.15, 0.2) is 5.78 Å². The van der Waals surface area contributed by atoms with Gasteiger partial charge in [-0.1, -0.05) is 74.5 Å². The Bertz CT molecular complexity index is 893. The Morgan fingerprint density at radius 1 is 0.853 bits per heavy atom. The molecule has 0 aliphatic carbocycles. The number of ketones is 1. The highest BCUT2D eigenvalue weighted by atomic mass is 32.2. The van der Waals surface area contributed by atoms with E-state index in [1.54, 1.807) is 0 Å². The molecule has 0 unspecified atom stereocenters. The fraction of sp³-hybridized carbons (Fsp3) is 0.423. The van der Waals surface area contributed by atoms with Gasteiger partial charge in [0.1, 0.15) is 18.7 Å². The SMILES string of the molecule is CSCC(=O)[C@H](COCc1ccccc1)NC(=O)[C@H](CC(C)C)NC(=O)OCc1ccccc1. The van der Waals surface area contributed by atoms with Crippen molar-refractivity contribution in [1.29, 1.82) is 0 Å². The third-order valence-corrected chi connectivity index (χ3v) is 5.49. The second-order valence-corrected chi connectivity index (χ2v) is 9.22. The van der Waals surface area contributed by atoms with Gasteiger partial charge in [-0.05, 0) is 29.7 Å². The maximum Gasteiger partial charge on any atom is 0.408 e. The van der Waals surface area contributed by atoms with Gasteiger partial charge >= 0.3 is 6.09 Å². The summed E-state index contributed by atoms with van der Waals surface area (Å²) in [6, 6.07) is 17.3. The molecule has 34 heavy (non-hydrogen) atoms. The van der Waals surface area contributed by atoms with E-state index in [1.165, 1.54) is 11.8 Å². The maximum absolute atomic E-state index is 13.0. The first kappa shape index (κ1) is 27.4. The zero-order valence-corrected chi connectivity index (χ0v) is 20.8. The van der Waals surface area contributed by atoms with Crippen LogP contribution in [0.2, 0.25) is 0 Å². The predicted molar refractivity (Wildman–Crippen MR) is 134 cm³/mol. The lowest BCUT2D eigenvalue weighted by atomic mass is 10.0. The molecule has 0 aliphatic rings. The maximum atomic E-state index is 13.0. The zero-order valence-electron chi connectivity index (χ0n) is 20.0. The highest BCUT2D eigenvalue weighted by Gasteiger charge is 2.27. The van der Waals surface area contributed by atoms with Crippen LogP contribution in [0.1, 0.15) is 31.4 Å². The van der Waals surface area contributed by atoms with Gasteiger partial charge in [-0.15, -0.1) is 0 Å². The van der Waals surface area contributed by atoms with Crippen LogP contribution in [-0.4, -0.2) is 48.5 Å². The molecular formula is C26H34N2O5S.